The Labute approximate surface area is 196 Å². The molecule has 2 saturated carbocycles. The second-order valence-corrected chi connectivity index (χ2v) is 9.44. The Morgan fingerprint density at radius 2 is 1.82 bits per heavy atom. The molecule has 0 amide bonds. The lowest BCUT2D eigenvalue weighted by Crippen LogP contribution is -2.20. The molecule has 2 aliphatic carbocycles. The van der Waals surface area contributed by atoms with Gasteiger partial charge < -0.3 is 14.2 Å². The topological polar surface area (TPSA) is 44.8 Å². The lowest BCUT2D eigenvalue weighted by atomic mass is 9.79. The van der Waals surface area contributed by atoms with E-state index in [0.29, 0.717) is 37.2 Å². The average molecular weight is 455 g/mol. The molecule has 5 heteroatoms. The molecule has 0 saturated heterocycles. The monoisotopic (exact) mass is 454 g/mol. The fourth-order valence-corrected chi connectivity index (χ4v) is 5.11. The van der Waals surface area contributed by atoms with Crippen molar-refractivity contribution in [2.75, 3.05) is 20.3 Å². The Bertz CT molecular complexity index is 931. The van der Waals surface area contributed by atoms with Crippen molar-refractivity contribution in [1.29, 1.82) is 0 Å². The number of halogens is 1. The number of hydrogen-bond donors (Lipinski definition) is 0. The van der Waals surface area contributed by atoms with Gasteiger partial charge in [0.25, 0.3) is 0 Å². The molecule has 0 N–H and O–H groups in total. The Morgan fingerprint density at radius 3 is 2.52 bits per heavy atom. The highest BCUT2D eigenvalue weighted by Crippen LogP contribution is 2.45. The highest BCUT2D eigenvalue weighted by molar-refractivity contribution is 5.70. The first-order valence-corrected chi connectivity index (χ1v) is 12.3. The van der Waals surface area contributed by atoms with Gasteiger partial charge in [-0.3, -0.25) is 4.79 Å². The van der Waals surface area contributed by atoms with Gasteiger partial charge in [-0.2, -0.15) is 0 Å². The molecular formula is C28H35FO4. The van der Waals surface area contributed by atoms with E-state index in [1.165, 1.54) is 24.5 Å². The van der Waals surface area contributed by atoms with E-state index in [4.69, 9.17) is 14.2 Å². The van der Waals surface area contributed by atoms with E-state index in [1.54, 1.807) is 13.2 Å². The van der Waals surface area contributed by atoms with Crippen LogP contribution >= 0.6 is 0 Å². The summed E-state index contributed by atoms with van der Waals surface area (Å²) in [5, 5.41) is 0. The first-order valence-electron chi connectivity index (χ1n) is 12.3. The van der Waals surface area contributed by atoms with Crippen molar-refractivity contribution < 1.29 is 23.4 Å². The summed E-state index contributed by atoms with van der Waals surface area (Å²) in [4.78, 5) is 12.1. The van der Waals surface area contributed by atoms with Crippen LogP contribution in [0.1, 0.15) is 74.8 Å². The molecule has 0 spiro atoms. The van der Waals surface area contributed by atoms with Crippen molar-refractivity contribution >= 4 is 5.97 Å². The maximum Gasteiger partial charge on any atom is 0.306 e. The van der Waals surface area contributed by atoms with E-state index in [-0.39, 0.29) is 23.6 Å². The molecule has 178 valence electrons. The summed E-state index contributed by atoms with van der Waals surface area (Å²) >= 11 is 0. The van der Waals surface area contributed by atoms with E-state index >= 15 is 0 Å². The van der Waals surface area contributed by atoms with Gasteiger partial charge in [-0.05, 0) is 111 Å². The van der Waals surface area contributed by atoms with Crippen LogP contribution in [-0.4, -0.2) is 26.3 Å². The first kappa shape index (κ1) is 23.6. The maximum absolute atomic E-state index is 14.3. The van der Waals surface area contributed by atoms with Crippen molar-refractivity contribution in [3.05, 3.63) is 59.4 Å². The number of hydrogen-bond acceptors (Lipinski definition) is 4. The summed E-state index contributed by atoms with van der Waals surface area (Å²) in [5.74, 6) is 2.80. The van der Waals surface area contributed by atoms with Crippen LogP contribution in [0.5, 0.6) is 11.5 Å². The van der Waals surface area contributed by atoms with Crippen molar-refractivity contribution in [3.63, 3.8) is 0 Å². The van der Waals surface area contributed by atoms with E-state index in [0.717, 1.165) is 37.0 Å². The summed E-state index contributed by atoms with van der Waals surface area (Å²) in [6, 6.07) is 13.2. The van der Waals surface area contributed by atoms with E-state index in [9.17, 15) is 9.18 Å². The summed E-state index contributed by atoms with van der Waals surface area (Å²) in [6.07, 6.45) is 6.75. The van der Waals surface area contributed by atoms with Crippen LogP contribution in [0.15, 0.2) is 42.5 Å². The van der Waals surface area contributed by atoms with Crippen LogP contribution in [0.4, 0.5) is 4.39 Å². The Morgan fingerprint density at radius 1 is 1.03 bits per heavy atom. The average Bonchev–Trinajstić information content (AvgIpc) is 3.68. The highest BCUT2D eigenvalue weighted by Gasteiger charge is 2.34. The van der Waals surface area contributed by atoms with Gasteiger partial charge in [-0.15, -0.1) is 0 Å². The molecular weight excluding hydrogens is 419 g/mol. The molecule has 0 aromatic heterocycles. The molecule has 1 unspecified atom stereocenters. The maximum atomic E-state index is 14.3. The molecule has 0 radical (unpaired) electrons. The predicted molar refractivity (Wildman–Crippen MR) is 126 cm³/mol. The number of carbonyl (C=O) groups excluding carboxylic acids is 1. The third-order valence-corrected chi connectivity index (χ3v) is 7.14. The minimum atomic E-state index is -0.139. The number of carbonyl (C=O) groups is 1. The van der Waals surface area contributed by atoms with E-state index in [1.807, 2.05) is 25.1 Å². The zero-order valence-corrected chi connectivity index (χ0v) is 19.7. The Kier molecular flexibility index (Phi) is 7.89. The van der Waals surface area contributed by atoms with Crippen molar-refractivity contribution in [2.24, 2.45) is 11.8 Å². The zero-order valence-electron chi connectivity index (χ0n) is 19.7. The third kappa shape index (κ3) is 6.27. The molecule has 1 atom stereocenters. The molecule has 4 nitrogen and oxygen atoms in total. The molecule has 0 aliphatic heterocycles. The van der Waals surface area contributed by atoms with Crippen LogP contribution < -0.4 is 9.47 Å². The molecule has 33 heavy (non-hydrogen) atoms. The SMILES string of the molecule is CCOC(=O)CC(c1cccc(OCC2CCC(c3cc(OC)ccc3F)CC2)c1)C1CC1. The second kappa shape index (κ2) is 11.0. The summed E-state index contributed by atoms with van der Waals surface area (Å²) in [7, 11) is 1.62. The van der Waals surface area contributed by atoms with Gasteiger partial charge in [0.1, 0.15) is 17.3 Å². The van der Waals surface area contributed by atoms with Crippen LogP contribution in [0.3, 0.4) is 0 Å². The van der Waals surface area contributed by atoms with Gasteiger partial charge in [0.05, 0.1) is 26.7 Å². The lowest BCUT2D eigenvalue weighted by Gasteiger charge is -2.29. The van der Waals surface area contributed by atoms with Gasteiger partial charge in [-0.1, -0.05) is 12.1 Å². The minimum absolute atomic E-state index is 0.120. The second-order valence-electron chi connectivity index (χ2n) is 9.44. The first-order chi connectivity index (χ1) is 16.1. The largest absolute Gasteiger partial charge is 0.497 e. The van der Waals surface area contributed by atoms with Gasteiger partial charge in [-0.25, -0.2) is 4.39 Å². The molecule has 0 heterocycles. The highest BCUT2D eigenvalue weighted by atomic mass is 19.1. The lowest BCUT2D eigenvalue weighted by molar-refractivity contribution is -0.143. The van der Waals surface area contributed by atoms with Gasteiger partial charge in [0.2, 0.25) is 0 Å². The van der Waals surface area contributed by atoms with Crippen molar-refractivity contribution in [3.8, 4) is 11.5 Å². The molecule has 2 aromatic carbocycles. The zero-order chi connectivity index (χ0) is 23.2. The van der Waals surface area contributed by atoms with Crippen LogP contribution in [0, 0.1) is 17.7 Å². The smallest absolute Gasteiger partial charge is 0.306 e. The fraction of sp³-hybridized carbons (Fsp3) is 0.536. The van der Waals surface area contributed by atoms with E-state index < -0.39 is 0 Å². The van der Waals surface area contributed by atoms with Crippen molar-refractivity contribution in [2.45, 2.75) is 63.7 Å². The molecule has 2 aromatic rings. The van der Waals surface area contributed by atoms with Crippen LogP contribution in [0.25, 0.3) is 0 Å². The number of esters is 1. The summed E-state index contributed by atoms with van der Waals surface area (Å²) in [5.41, 5.74) is 1.94. The number of methoxy groups -OCH3 is 1. The van der Waals surface area contributed by atoms with Crippen LogP contribution in [-0.2, 0) is 9.53 Å². The normalized spacial score (nSPS) is 21.3. The number of rotatable bonds is 10. The van der Waals surface area contributed by atoms with E-state index in [2.05, 4.69) is 12.1 Å². The van der Waals surface area contributed by atoms with Crippen LogP contribution in [0.2, 0.25) is 0 Å². The standard InChI is InChI=1S/C28H35FO4/c1-3-32-28(30)17-25(20-11-12-20)22-5-4-6-24(15-22)33-18-19-7-9-21(10-8-19)26-16-23(31-2)13-14-27(26)29/h4-6,13-16,19-21,25H,3,7-12,17-18H2,1-2H3. The molecule has 4 rings (SSSR count). The number of ether oxygens (including phenoxy) is 3. The Hall–Kier alpha value is -2.56. The minimum Gasteiger partial charge on any atom is -0.497 e. The van der Waals surface area contributed by atoms with Crippen molar-refractivity contribution in [1.82, 2.24) is 0 Å². The quantitative estimate of drug-likeness (QED) is 0.378. The Balaban J connectivity index is 1.31. The van der Waals surface area contributed by atoms with Gasteiger partial charge >= 0.3 is 5.97 Å². The fourth-order valence-electron chi connectivity index (χ4n) is 5.11. The summed E-state index contributed by atoms with van der Waals surface area (Å²) in [6.45, 7) is 2.94. The third-order valence-electron chi connectivity index (χ3n) is 7.14. The molecule has 2 aliphatic rings. The molecule has 2 fully saturated rings. The summed E-state index contributed by atoms with van der Waals surface area (Å²) < 4.78 is 31.0. The molecule has 0 bridgehead atoms. The van der Waals surface area contributed by atoms with Gasteiger partial charge in [0, 0.05) is 0 Å². The predicted octanol–water partition coefficient (Wildman–Crippen LogP) is 6.63. The van der Waals surface area contributed by atoms with Gasteiger partial charge in [0.15, 0.2) is 0 Å². The number of benzene rings is 2.